The number of carbonyl (C=O) groups excluding carboxylic acids is 2. The first-order chi connectivity index (χ1) is 17.6. The predicted molar refractivity (Wildman–Crippen MR) is 143 cm³/mol. The van der Waals surface area contributed by atoms with Crippen LogP contribution >= 0.6 is 11.8 Å². The maximum atomic E-state index is 13.6. The SMILES string of the molecule is CC1=C(C(=O)Nc2ccccc2)C(c2ccccc2)N2C(CC(=O)NCc3ccncc3)=CSC2=N1. The number of carbonyl (C=O) groups is 2. The third kappa shape index (κ3) is 5.08. The second-order valence-corrected chi connectivity index (χ2v) is 9.27. The first kappa shape index (κ1) is 23.6. The van der Waals surface area contributed by atoms with E-state index in [0.717, 1.165) is 22.0 Å². The van der Waals surface area contributed by atoms with Gasteiger partial charge in [0.2, 0.25) is 5.91 Å². The number of rotatable bonds is 7. The van der Waals surface area contributed by atoms with Crippen LogP contribution < -0.4 is 10.6 Å². The molecular weight excluding hydrogens is 470 g/mol. The Morgan fingerprint density at radius 1 is 0.972 bits per heavy atom. The van der Waals surface area contributed by atoms with Crippen LogP contribution in [0.4, 0.5) is 5.69 Å². The fraction of sp³-hybridized carbons (Fsp3) is 0.143. The highest BCUT2D eigenvalue weighted by Crippen LogP contribution is 2.44. The zero-order valence-corrected chi connectivity index (χ0v) is 20.5. The van der Waals surface area contributed by atoms with Crippen molar-refractivity contribution in [2.75, 3.05) is 5.32 Å². The first-order valence-electron chi connectivity index (χ1n) is 11.6. The van der Waals surface area contributed by atoms with E-state index in [4.69, 9.17) is 4.99 Å². The molecule has 1 aromatic heterocycles. The number of aromatic nitrogens is 1. The van der Waals surface area contributed by atoms with Gasteiger partial charge in [-0.3, -0.25) is 14.6 Å². The minimum Gasteiger partial charge on any atom is -0.352 e. The molecule has 1 unspecified atom stereocenters. The Balaban J connectivity index is 1.41. The van der Waals surface area contributed by atoms with E-state index in [1.165, 1.54) is 11.8 Å². The van der Waals surface area contributed by atoms with Gasteiger partial charge in [0, 0.05) is 30.3 Å². The molecule has 2 aliphatic heterocycles. The van der Waals surface area contributed by atoms with Crippen molar-refractivity contribution in [3.8, 4) is 0 Å². The summed E-state index contributed by atoms with van der Waals surface area (Å²) in [4.78, 5) is 37.2. The van der Waals surface area contributed by atoms with Crippen LogP contribution in [-0.4, -0.2) is 26.9 Å². The molecule has 0 aliphatic carbocycles. The highest BCUT2D eigenvalue weighted by molar-refractivity contribution is 8.16. The van der Waals surface area contributed by atoms with Crippen molar-refractivity contribution in [3.63, 3.8) is 0 Å². The molecule has 36 heavy (non-hydrogen) atoms. The third-order valence-corrected chi connectivity index (χ3v) is 6.86. The van der Waals surface area contributed by atoms with E-state index < -0.39 is 6.04 Å². The molecular formula is C28H25N5O2S. The predicted octanol–water partition coefficient (Wildman–Crippen LogP) is 5.00. The molecule has 0 saturated carbocycles. The minimum atomic E-state index is -0.406. The Bertz CT molecular complexity index is 1350. The Kier molecular flexibility index (Phi) is 6.95. The van der Waals surface area contributed by atoms with Gasteiger partial charge in [0.1, 0.15) is 0 Å². The second-order valence-electron chi connectivity index (χ2n) is 8.43. The lowest BCUT2D eigenvalue weighted by atomic mass is 9.93. The smallest absolute Gasteiger partial charge is 0.255 e. The van der Waals surface area contributed by atoms with Gasteiger partial charge in [0.15, 0.2) is 5.17 Å². The largest absolute Gasteiger partial charge is 0.352 e. The molecule has 0 fully saturated rings. The molecule has 2 N–H and O–H groups in total. The van der Waals surface area contributed by atoms with Crippen LogP contribution in [0.25, 0.3) is 0 Å². The topological polar surface area (TPSA) is 86.7 Å². The molecule has 2 aliphatic rings. The number of anilines is 1. The van der Waals surface area contributed by atoms with Crippen LogP contribution in [0, 0.1) is 0 Å². The molecule has 2 amide bonds. The van der Waals surface area contributed by atoms with Gasteiger partial charge in [-0.05, 0) is 47.7 Å². The van der Waals surface area contributed by atoms with E-state index in [0.29, 0.717) is 23.5 Å². The first-order valence-corrected chi connectivity index (χ1v) is 12.5. The molecule has 7 nitrogen and oxygen atoms in total. The summed E-state index contributed by atoms with van der Waals surface area (Å²) in [5.74, 6) is -0.318. The lowest BCUT2D eigenvalue weighted by molar-refractivity contribution is -0.120. The van der Waals surface area contributed by atoms with Gasteiger partial charge < -0.3 is 15.5 Å². The normalized spacial score (nSPS) is 16.7. The summed E-state index contributed by atoms with van der Waals surface area (Å²) in [6, 6.07) is 22.6. The van der Waals surface area contributed by atoms with Crippen molar-refractivity contribution >= 4 is 34.4 Å². The van der Waals surface area contributed by atoms with Crippen LogP contribution in [0.1, 0.15) is 30.5 Å². The quantitative estimate of drug-likeness (QED) is 0.482. The molecule has 180 valence electrons. The van der Waals surface area contributed by atoms with E-state index in [-0.39, 0.29) is 18.2 Å². The molecule has 5 rings (SSSR count). The number of hydrogen-bond acceptors (Lipinski definition) is 6. The van der Waals surface area contributed by atoms with E-state index >= 15 is 0 Å². The Morgan fingerprint density at radius 2 is 1.67 bits per heavy atom. The molecule has 0 bridgehead atoms. The lowest BCUT2D eigenvalue weighted by Gasteiger charge is -2.36. The zero-order valence-electron chi connectivity index (χ0n) is 19.7. The van der Waals surface area contributed by atoms with Crippen molar-refractivity contribution in [3.05, 3.63) is 119 Å². The maximum Gasteiger partial charge on any atom is 0.255 e. The van der Waals surface area contributed by atoms with Crippen LogP contribution in [0.2, 0.25) is 0 Å². The number of aliphatic imine (C=N–C) groups is 1. The van der Waals surface area contributed by atoms with Gasteiger partial charge in [-0.15, -0.1) is 0 Å². The summed E-state index contributed by atoms with van der Waals surface area (Å²) in [5, 5.41) is 8.70. The summed E-state index contributed by atoms with van der Waals surface area (Å²) in [7, 11) is 0. The van der Waals surface area contributed by atoms with Crippen molar-refractivity contribution < 1.29 is 9.59 Å². The number of amides is 2. The van der Waals surface area contributed by atoms with Gasteiger partial charge >= 0.3 is 0 Å². The summed E-state index contributed by atoms with van der Waals surface area (Å²) in [6.07, 6.45) is 3.58. The number of nitrogens with zero attached hydrogens (tertiary/aromatic N) is 3. The minimum absolute atomic E-state index is 0.103. The number of thioether (sulfide) groups is 1. The maximum absolute atomic E-state index is 13.6. The fourth-order valence-electron chi connectivity index (χ4n) is 4.26. The van der Waals surface area contributed by atoms with Gasteiger partial charge in [0.25, 0.3) is 5.91 Å². The molecule has 8 heteroatoms. The highest BCUT2D eigenvalue weighted by atomic mass is 32.2. The molecule has 3 aromatic rings. The molecule has 3 heterocycles. The zero-order chi connectivity index (χ0) is 24.9. The monoisotopic (exact) mass is 495 g/mol. The number of allylic oxidation sites excluding steroid dienone is 1. The number of para-hydroxylation sites is 1. The van der Waals surface area contributed by atoms with Crippen LogP contribution in [0.3, 0.4) is 0 Å². The van der Waals surface area contributed by atoms with E-state index in [9.17, 15) is 9.59 Å². The number of hydrogen-bond donors (Lipinski definition) is 2. The van der Waals surface area contributed by atoms with Crippen molar-refractivity contribution in [1.29, 1.82) is 0 Å². The Morgan fingerprint density at radius 3 is 2.39 bits per heavy atom. The van der Waals surface area contributed by atoms with Crippen molar-refractivity contribution in [1.82, 2.24) is 15.2 Å². The van der Waals surface area contributed by atoms with E-state index in [1.54, 1.807) is 12.4 Å². The molecule has 0 spiro atoms. The fourth-order valence-corrected chi connectivity index (χ4v) is 5.22. The number of pyridine rings is 1. The van der Waals surface area contributed by atoms with Crippen molar-refractivity contribution in [2.45, 2.75) is 25.9 Å². The van der Waals surface area contributed by atoms with E-state index in [1.807, 2.05) is 90.0 Å². The number of nitrogens with one attached hydrogen (secondary N) is 2. The van der Waals surface area contributed by atoms with Gasteiger partial charge in [-0.25, -0.2) is 4.99 Å². The highest BCUT2D eigenvalue weighted by Gasteiger charge is 2.40. The van der Waals surface area contributed by atoms with Crippen LogP contribution in [-0.2, 0) is 16.1 Å². The number of fused-ring (bicyclic) bond motifs is 1. The van der Waals surface area contributed by atoms with Crippen LogP contribution in [0.5, 0.6) is 0 Å². The third-order valence-electron chi connectivity index (χ3n) is 5.97. The van der Waals surface area contributed by atoms with Crippen LogP contribution in [0.15, 0.2) is 113 Å². The lowest BCUT2D eigenvalue weighted by Crippen LogP contribution is -2.38. The molecule has 0 saturated heterocycles. The second kappa shape index (κ2) is 10.6. The molecule has 1 atom stereocenters. The summed E-state index contributed by atoms with van der Waals surface area (Å²) in [5.41, 5.74) is 4.66. The number of benzene rings is 2. The average Bonchev–Trinajstić information content (AvgIpc) is 3.30. The Labute approximate surface area is 214 Å². The average molecular weight is 496 g/mol. The molecule has 0 radical (unpaired) electrons. The van der Waals surface area contributed by atoms with Gasteiger partial charge in [0.05, 0.1) is 23.7 Å². The Hall–Kier alpha value is -4.17. The standard InChI is InChI=1S/C28H25N5O2S/c1-19-25(27(35)32-22-10-6-3-7-11-22)26(21-8-4-2-5-9-21)33-23(18-36-28(33)31-19)16-24(34)30-17-20-12-14-29-15-13-20/h2-15,18,26H,16-17H2,1H3,(H,30,34)(H,32,35). The summed E-state index contributed by atoms with van der Waals surface area (Å²) in [6.45, 7) is 2.29. The summed E-state index contributed by atoms with van der Waals surface area (Å²) >= 11 is 1.47. The van der Waals surface area contributed by atoms with E-state index in [2.05, 4.69) is 15.6 Å². The molecule has 2 aromatic carbocycles. The van der Waals surface area contributed by atoms with Crippen molar-refractivity contribution in [2.24, 2.45) is 4.99 Å². The number of amidine groups is 1. The summed E-state index contributed by atoms with van der Waals surface area (Å²) < 4.78 is 0. The van der Waals surface area contributed by atoms with Gasteiger partial charge in [-0.2, -0.15) is 0 Å². The van der Waals surface area contributed by atoms with Gasteiger partial charge in [-0.1, -0.05) is 60.3 Å².